The number of hydrogen-bond donors (Lipinski definition) is 2. The van der Waals surface area contributed by atoms with Gasteiger partial charge in [-0.05, 0) is 48.3 Å². The van der Waals surface area contributed by atoms with Crippen LogP contribution < -0.4 is 10.6 Å². The molecule has 0 amide bonds. The molecule has 0 bridgehead atoms. The molecule has 1 heterocycles. The highest BCUT2D eigenvalue weighted by Gasteiger charge is 2.16. The number of thiophene rings is 1. The molecule has 3 rings (SSSR count). The van der Waals surface area contributed by atoms with Gasteiger partial charge in [-0.3, -0.25) is 0 Å². The molecule has 0 saturated carbocycles. The first-order chi connectivity index (χ1) is 11.2. The molecule has 2 aromatic carbocycles. The van der Waals surface area contributed by atoms with Crippen molar-refractivity contribution in [3.63, 3.8) is 0 Å². The SMILES string of the molecule is Cc1ccc(NC(=S)N[C@@H](c2ccccc2)c2cccs2)cc1. The van der Waals surface area contributed by atoms with Crippen molar-refractivity contribution >= 4 is 34.4 Å². The number of aryl methyl sites for hydroxylation is 1. The topological polar surface area (TPSA) is 24.1 Å². The quantitative estimate of drug-likeness (QED) is 0.645. The smallest absolute Gasteiger partial charge is 0.171 e. The van der Waals surface area contributed by atoms with E-state index in [2.05, 4.69) is 59.3 Å². The Morgan fingerprint density at radius 3 is 2.35 bits per heavy atom. The number of thiocarbonyl (C=S) groups is 1. The fourth-order valence-electron chi connectivity index (χ4n) is 2.35. The van der Waals surface area contributed by atoms with Crippen molar-refractivity contribution < 1.29 is 0 Å². The summed E-state index contributed by atoms with van der Waals surface area (Å²) in [4.78, 5) is 1.24. The molecule has 0 unspecified atom stereocenters. The van der Waals surface area contributed by atoms with Gasteiger partial charge in [0.2, 0.25) is 0 Å². The number of rotatable bonds is 4. The standard InChI is InChI=1S/C19H18N2S2/c1-14-9-11-16(12-10-14)20-19(22)21-18(17-8-5-13-23-17)15-6-3-2-4-7-15/h2-13,18H,1H3,(H2,20,21,22)/t18-/m0/s1. The first-order valence-electron chi connectivity index (χ1n) is 7.45. The van der Waals surface area contributed by atoms with Gasteiger partial charge >= 0.3 is 0 Å². The van der Waals surface area contributed by atoms with Gasteiger partial charge in [-0.2, -0.15) is 0 Å². The second-order valence-electron chi connectivity index (χ2n) is 5.32. The third-order valence-corrected chi connectivity index (χ3v) is 4.70. The molecule has 2 N–H and O–H groups in total. The number of benzene rings is 2. The Bertz CT molecular complexity index is 750. The summed E-state index contributed by atoms with van der Waals surface area (Å²) in [7, 11) is 0. The summed E-state index contributed by atoms with van der Waals surface area (Å²) >= 11 is 7.23. The normalized spacial score (nSPS) is 11.7. The lowest BCUT2D eigenvalue weighted by Crippen LogP contribution is -2.32. The van der Waals surface area contributed by atoms with Crippen LogP contribution in [-0.2, 0) is 0 Å². The van der Waals surface area contributed by atoms with E-state index in [0.717, 1.165) is 5.69 Å². The van der Waals surface area contributed by atoms with Crippen LogP contribution in [0.15, 0.2) is 72.1 Å². The van der Waals surface area contributed by atoms with Crippen molar-refractivity contribution in [2.24, 2.45) is 0 Å². The maximum Gasteiger partial charge on any atom is 0.171 e. The van der Waals surface area contributed by atoms with E-state index in [0.29, 0.717) is 5.11 Å². The van der Waals surface area contributed by atoms with Crippen molar-refractivity contribution in [2.45, 2.75) is 13.0 Å². The molecule has 0 radical (unpaired) electrons. The summed E-state index contributed by atoms with van der Waals surface area (Å²) < 4.78 is 0. The third kappa shape index (κ3) is 4.18. The van der Waals surface area contributed by atoms with Crippen LogP contribution in [0, 0.1) is 6.92 Å². The molecule has 0 fully saturated rings. The monoisotopic (exact) mass is 338 g/mol. The van der Waals surface area contributed by atoms with E-state index in [9.17, 15) is 0 Å². The lowest BCUT2D eigenvalue weighted by atomic mass is 10.1. The van der Waals surface area contributed by atoms with Crippen LogP contribution in [0.4, 0.5) is 5.69 Å². The highest BCUT2D eigenvalue weighted by atomic mass is 32.1. The van der Waals surface area contributed by atoms with Gasteiger partial charge in [-0.15, -0.1) is 11.3 Å². The Kier molecular flexibility index (Phi) is 5.05. The van der Waals surface area contributed by atoms with Gasteiger partial charge in [0.05, 0.1) is 6.04 Å². The minimum Gasteiger partial charge on any atom is -0.351 e. The summed E-state index contributed by atoms with van der Waals surface area (Å²) in [5.41, 5.74) is 3.42. The highest BCUT2D eigenvalue weighted by Crippen LogP contribution is 2.26. The van der Waals surface area contributed by atoms with Crippen molar-refractivity contribution in [3.05, 3.63) is 88.1 Å². The average Bonchev–Trinajstić information content (AvgIpc) is 3.10. The van der Waals surface area contributed by atoms with Crippen LogP contribution in [0.2, 0.25) is 0 Å². The van der Waals surface area contributed by atoms with Crippen LogP contribution in [0.3, 0.4) is 0 Å². The number of nitrogens with one attached hydrogen (secondary N) is 2. The fourth-order valence-corrected chi connectivity index (χ4v) is 3.39. The molecule has 1 aromatic heterocycles. The molecule has 2 nitrogen and oxygen atoms in total. The van der Waals surface area contributed by atoms with Gasteiger partial charge in [0.1, 0.15) is 0 Å². The lowest BCUT2D eigenvalue weighted by Gasteiger charge is -2.20. The van der Waals surface area contributed by atoms with Gasteiger partial charge in [0.15, 0.2) is 5.11 Å². The molecule has 1 atom stereocenters. The van der Waals surface area contributed by atoms with E-state index < -0.39 is 0 Å². The molecule has 0 aliphatic carbocycles. The third-order valence-electron chi connectivity index (χ3n) is 3.55. The van der Waals surface area contributed by atoms with Crippen molar-refractivity contribution in [1.82, 2.24) is 5.32 Å². The summed E-state index contributed by atoms with van der Waals surface area (Å²) in [6.45, 7) is 2.07. The molecule has 3 aromatic rings. The summed E-state index contributed by atoms with van der Waals surface area (Å²) in [5.74, 6) is 0. The van der Waals surface area contributed by atoms with Crippen LogP contribution in [0.5, 0.6) is 0 Å². The van der Waals surface area contributed by atoms with E-state index in [1.165, 1.54) is 16.0 Å². The molecule has 0 aliphatic heterocycles. The maximum absolute atomic E-state index is 5.50. The zero-order chi connectivity index (χ0) is 16.1. The number of hydrogen-bond acceptors (Lipinski definition) is 2. The fraction of sp³-hybridized carbons (Fsp3) is 0.105. The van der Waals surface area contributed by atoms with Crippen LogP contribution >= 0.6 is 23.6 Å². The summed E-state index contributed by atoms with van der Waals surface area (Å²) in [6, 6.07) is 22.8. The molecule has 0 spiro atoms. The predicted octanol–water partition coefficient (Wildman–Crippen LogP) is 5.13. The average molecular weight is 339 g/mol. The summed E-state index contributed by atoms with van der Waals surface area (Å²) in [5, 5.41) is 9.39. The highest BCUT2D eigenvalue weighted by molar-refractivity contribution is 7.80. The second-order valence-corrected chi connectivity index (χ2v) is 6.71. The van der Waals surface area contributed by atoms with E-state index in [4.69, 9.17) is 12.2 Å². The minimum absolute atomic E-state index is 0.0571. The minimum atomic E-state index is 0.0571. The Labute approximate surface area is 146 Å². The first-order valence-corrected chi connectivity index (χ1v) is 8.74. The van der Waals surface area contributed by atoms with Crippen LogP contribution in [0.1, 0.15) is 22.0 Å². The van der Waals surface area contributed by atoms with Gasteiger partial charge in [0, 0.05) is 10.6 Å². The van der Waals surface area contributed by atoms with Crippen molar-refractivity contribution in [3.8, 4) is 0 Å². The van der Waals surface area contributed by atoms with Crippen molar-refractivity contribution in [2.75, 3.05) is 5.32 Å². The zero-order valence-corrected chi connectivity index (χ0v) is 14.5. The molecule has 0 aliphatic rings. The van der Waals surface area contributed by atoms with Crippen LogP contribution in [-0.4, -0.2) is 5.11 Å². The first kappa shape index (κ1) is 15.7. The second kappa shape index (κ2) is 7.40. The Morgan fingerprint density at radius 1 is 0.957 bits per heavy atom. The number of anilines is 1. The summed E-state index contributed by atoms with van der Waals surface area (Å²) in [6.07, 6.45) is 0. The molecule has 4 heteroatoms. The van der Waals surface area contributed by atoms with E-state index >= 15 is 0 Å². The lowest BCUT2D eigenvalue weighted by molar-refractivity contribution is 0.784. The molecule has 116 valence electrons. The Morgan fingerprint density at radius 2 is 1.70 bits per heavy atom. The van der Waals surface area contributed by atoms with Crippen LogP contribution in [0.25, 0.3) is 0 Å². The van der Waals surface area contributed by atoms with Gasteiger partial charge < -0.3 is 10.6 Å². The van der Waals surface area contributed by atoms with E-state index in [1.807, 2.05) is 30.3 Å². The predicted molar refractivity (Wildman–Crippen MR) is 103 cm³/mol. The molecule has 0 saturated heterocycles. The molecule has 23 heavy (non-hydrogen) atoms. The Hall–Kier alpha value is -2.17. The van der Waals surface area contributed by atoms with Gasteiger partial charge in [-0.1, -0.05) is 54.1 Å². The Balaban J connectivity index is 1.76. The van der Waals surface area contributed by atoms with Crippen molar-refractivity contribution in [1.29, 1.82) is 0 Å². The van der Waals surface area contributed by atoms with Gasteiger partial charge in [-0.25, -0.2) is 0 Å². The van der Waals surface area contributed by atoms with E-state index in [-0.39, 0.29) is 6.04 Å². The molecular formula is C19H18N2S2. The molecular weight excluding hydrogens is 320 g/mol. The maximum atomic E-state index is 5.50. The largest absolute Gasteiger partial charge is 0.351 e. The van der Waals surface area contributed by atoms with Gasteiger partial charge in [0.25, 0.3) is 0 Å². The van der Waals surface area contributed by atoms with E-state index in [1.54, 1.807) is 11.3 Å². The zero-order valence-electron chi connectivity index (χ0n) is 12.8.